The van der Waals surface area contributed by atoms with E-state index in [2.05, 4.69) is 41.0 Å². The molecule has 0 spiro atoms. The first-order valence-electron chi connectivity index (χ1n) is 9.78. The van der Waals surface area contributed by atoms with Crippen molar-refractivity contribution in [2.75, 3.05) is 32.8 Å². The molecule has 0 bridgehead atoms. The number of allylic oxidation sites excluding steroid dienone is 2. The predicted octanol–water partition coefficient (Wildman–Crippen LogP) is 2.36. The molecule has 142 valence electrons. The Labute approximate surface area is 155 Å². The van der Waals surface area contributed by atoms with Crippen LogP contribution in [0.3, 0.4) is 0 Å². The molecule has 3 N–H and O–H groups in total. The highest BCUT2D eigenvalue weighted by Gasteiger charge is 2.21. The number of piperidine rings is 1. The summed E-state index contributed by atoms with van der Waals surface area (Å²) in [5.41, 5.74) is 2.52. The summed E-state index contributed by atoms with van der Waals surface area (Å²) < 4.78 is 5.95. The molecule has 5 nitrogen and oxygen atoms in total. The van der Waals surface area contributed by atoms with Crippen LogP contribution in [0.15, 0.2) is 30.3 Å². The summed E-state index contributed by atoms with van der Waals surface area (Å²) in [7, 11) is 0. The van der Waals surface area contributed by atoms with Crippen molar-refractivity contribution < 1.29 is 14.6 Å². The van der Waals surface area contributed by atoms with E-state index < -0.39 is 0 Å². The SMILES string of the molecule is O=C(NCCO)C1CC=C(c2ccc(OCC3CCNCC3)cc2)CC1. The van der Waals surface area contributed by atoms with Gasteiger partial charge >= 0.3 is 0 Å². The van der Waals surface area contributed by atoms with Gasteiger partial charge < -0.3 is 20.5 Å². The molecule has 0 aromatic heterocycles. The number of aliphatic hydroxyl groups excluding tert-OH is 1. The fraction of sp³-hybridized carbons (Fsp3) is 0.571. The molecule has 1 atom stereocenters. The molecule has 0 saturated carbocycles. The standard InChI is InChI=1S/C21H30N2O3/c24-14-13-23-21(25)19-3-1-17(2-4-19)18-5-7-20(8-6-18)26-15-16-9-11-22-12-10-16/h1,5-8,16,19,22,24H,2-4,9-15H2,(H,23,25). The highest BCUT2D eigenvalue weighted by Crippen LogP contribution is 2.31. The lowest BCUT2D eigenvalue weighted by Gasteiger charge is -2.23. The lowest BCUT2D eigenvalue weighted by atomic mass is 9.86. The lowest BCUT2D eigenvalue weighted by molar-refractivity contribution is -0.125. The van der Waals surface area contributed by atoms with Crippen molar-refractivity contribution in [3.05, 3.63) is 35.9 Å². The van der Waals surface area contributed by atoms with E-state index in [-0.39, 0.29) is 18.4 Å². The molecule has 26 heavy (non-hydrogen) atoms. The number of aliphatic hydroxyl groups is 1. The van der Waals surface area contributed by atoms with E-state index in [1.807, 2.05) is 0 Å². The van der Waals surface area contributed by atoms with Gasteiger partial charge in [0.1, 0.15) is 5.75 Å². The number of hydrogen-bond acceptors (Lipinski definition) is 4. The average Bonchev–Trinajstić information content (AvgIpc) is 2.72. The Morgan fingerprint density at radius 2 is 1.96 bits per heavy atom. The summed E-state index contributed by atoms with van der Waals surface area (Å²) in [6.45, 7) is 3.32. The Kier molecular flexibility index (Phi) is 7.09. The van der Waals surface area contributed by atoms with Crippen molar-refractivity contribution >= 4 is 11.5 Å². The van der Waals surface area contributed by atoms with Gasteiger partial charge in [0.15, 0.2) is 0 Å². The van der Waals surface area contributed by atoms with E-state index in [9.17, 15) is 4.79 Å². The zero-order valence-corrected chi connectivity index (χ0v) is 15.4. The molecule has 3 rings (SSSR count). The van der Waals surface area contributed by atoms with Crippen LogP contribution in [0, 0.1) is 11.8 Å². The van der Waals surface area contributed by atoms with Gasteiger partial charge in [-0.05, 0) is 74.4 Å². The molecule has 1 fully saturated rings. The van der Waals surface area contributed by atoms with Gasteiger partial charge in [-0.15, -0.1) is 0 Å². The van der Waals surface area contributed by atoms with Crippen LogP contribution in [0.1, 0.15) is 37.7 Å². The minimum absolute atomic E-state index is 0.00833. The van der Waals surface area contributed by atoms with E-state index in [0.717, 1.165) is 44.7 Å². The van der Waals surface area contributed by atoms with Crippen LogP contribution in [-0.4, -0.2) is 43.9 Å². The van der Waals surface area contributed by atoms with Gasteiger partial charge in [0.2, 0.25) is 5.91 Å². The minimum atomic E-state index is -0.00833. The number of nitrogens with one attached hydrogen (secondary N) is 2. The van der Waals surface area contributed by atoms with Crippen LogP contribution in [0.25, 0.3) is 5.57 Å². The third-order valence-electron chi connectivity index (χ3n) is 5.36. The molecule has 1 unspecified atom stereocenters. The van der Waals surface area contributed by atoms with Crippen molar-refractivity contribution in [3.63, 3.8) is 0 Å². The van der Waals surface area contributed by atoms with E-state index >= 15 is 0 Å². The number of amides is 1. The van der Waals surface area contributed by atoms with Crippen molar-refractivity contribution in [2.24, 2.45) is 11.8 Å². The fourth-order valence-electron chi connectivity index (χ4n) is 3.69. The Balaban J connectivity index is 1.49. The van der Waals surface area contributed by atoms with E-state index in [4.69, 9.17) is 9.84 Å². The molecule has 1 aliphatic carbocycles. The second kappa shape index (κ2) is 9.74. The van der Waals surface area contributed by atoms with Gasteiger partial charge in [-0.25, -0.2) is 0 Å². The maximum atomic E-state index is 12.0. The van der Waals surface area contributed by atoms with Crippen LogP contribution < -0.4 is 15.4 Å². The van der Waals surface area contributed by atoms with Gasteiger partial charge in [0, 0.05) is 12.5 Å². The van der Waals surface area contributed by atoms with Gasteiger partial charge in [-0.3, -0.25) is 4.79 Å². The Hall–Kier alpha value is -1.85. The average molecular weight is 358 g/mol. The van der Waals surface area contributed by atoms with Gasteiger partial charge in [0.05, 0.1) is 13.2 Å². The normalized spacial score (nSPS) is 21.1. The third kappa shape index (κ3) is 5.32. The number of hydrogen-bond donors (Lipinski definition) is 3. The van der Waals surface area contributed by atoms with E-state index in [1.165, 1.54) is 24.0 Å². The molecule has 0 radical (unpaired) electrons. The van der Waals surface area contributed by atoms with Gasteiger partial charge in [-0.1, -0.05) is 18.2 Å². The predicted molar refractivity (Wildman–Crippen MR) is 103 cm³/mol. The molecule has 1 heterocycles. The molecule has 1 aromatic carbocycles. The zero-order chi connectivity index (χ0) is 18.2. The zero-order valence-electron chi connectivity index (χ0n) is 15.4. The highest BCUT2D eigenvalue weighted by atomic mass is 16.5. The number of benzene rings is 1. The minimum Gasteiger partial charge on any atom is -0.493 e. The Bertz CT molecular complexity index is 606. The van der Waals surface area contributed by atoms with Crippen LogP contribution in [0.2, 0.25) is 0 Å². The van der Waals surface area contributed by atoms with Crippen molar-refractivity contribution in [1.29, 1.82) is 0 Å². The number of carbonyl (C=O) groups is 1. The summed E-state index contributed by atoms with van der Waals surface area (Å²) in [5.74, 6) is 1.67. The van der Waals surface area contributed by atoms with Crippen molar-refractivity contribution in [1.82, 2.24) is 10.6 Å². The smallest absolute Gasteiger partial charge is 0.223 e. The third-order valence-corrected chi connectivity index (χ3v) is 5.36. The molecular weight excluding hydrogens is 328 g/mol. The molecule has 5 heteroatoms. The van der Waals surface area contributed by atoms with Gasteiger partial charge in [0.25, 0.3) is 0 Å². The monoisotopic (exact) mass is 358 g/mol. The number of carbonyl (C=O) groups excluding carboxylic acids is 1. The first-order chi connectivity index (χ1) is 12.8. The largest absolute Gasteiger partial charge is 0.493 e. The molecular formula is C21H30N2O3. The first kappa shape index (κ1) is 18.9. The second-order valence-electron chi connectivity index (χ2n) is 7.24. The maximum Gasteiger partial charge on any atom is 0.223 e. The van der Waals surface area contributed by atoms with Crippen LogP contribution in [0.5, 0.6) is 5.75 Å². The quantitative estimate of drug-likeness (QED) is 0.700. The summed E-state index contributed by atoms with van der Waals surface area (Å²) >= 11 is 0. The number of ether oxygens (including phenoxy) is 1. The first-order valence-corrected chi connectivity index (χ1v) is 9.78. The maximum absolute atomic E-state index is 12.0. The van der Waals surface area contributed by atoms with Crippen LogP contribution in [0.4, 0.5) is 0 Å². The molecule has 1 aliphatic heterocycles. The fourth-order valence-corrected chi connectivity index (χ4v) is 3.69. The van der Waals surface area contributed by atoms with Crippen molar-refractivity contribution in [2.45, 2.75) is 32.1 Å². The Morgan fingerprint density at radius 3 is 2.62 bits per heavy atom. The summed E-state index contributed by atoms with van der Waals surface area (Å²) in [5, 5.41) is 14.9. The van der Waals surface area contributed by atoms with Crippen LogP contribution in [-0.2, 0) is 4.79 Å². The Morgan fingerprint density at radius 1 is 1.19 bits per heavy atom. The van der Waals surface area contributed by atoms with Crippen molar-refractivity contribution in [3.8, 4) is 5.75 Å². The summed E-state index contributed by atoms with van der Waals surface area (Å²) in [6, 6.07) is 8.35. The van der Waals surface area contributed by atoms with E-state index in [0.29, 0.717) is 12.5 Å². The van der Waals surface area contributed by atoms with E-state index in [1.54, 1.807) is 0 Å². The topological polar surface area (TPSA) is 70.6 Å². The second-order valence-corrected chi connectivity index (χ2v) is 7.24. The lowest BCUT2D eigenvalue weighted by Crippen LogP contribution is -2.33. The molecule has 1 saturated heterocycles. The molecule has 1 aromatic rings. The summed E-state index contributed by atoms with van der Waals surface area (Å²) in [4.78, 5) is 12.0. The number of rotatable bonds is 7. The molecule has 1 amide bonds. The summed E-state index contributed by atoms with van der Waals surface area (Å²) in [6.07, 6.45) is 7.09. The highest BCUT2D eigenvalue weighted by molar-refractivity contribution is 5.80. The van der Waals surface area contributed by atoms with Gasteiger partial charge in [-0.2, -0.15) is 0 Å². The molecule has 2 aliphatic rings. The van der Waals surface area contributed by atoms with Crippen LogP contribution >= 0.6 is 0 Å².